The maximum atomic E-state index is 11.2. The van der Waals surface area contributed by atoms with E-state index in [2.05, 4.69) is 39.0 Å². The van der Waals surface area contributed by atoms with Gasteiger partial charge in [0.2, 0.25) is 0 Å². The monoisotopic (exact) mass is 496 g/mol. The van der Waals surface area contributed by atoms with E-state index >= 15 is 0 Å². The highest BCUT2D eigenvalue weighted by Crippen LogP contribution is 2.32. The van der Waals surface area contributed by atoms with Gasteiger partial charge >= 0.3 is 5.97 Å². The van der Waals surface area contributed by atoms with Crippen molar-refractivity contribution in [3.05, 3.63) is 87.9 Å². The average Bonchev–Trinajstić information content (AvgIpc) is 3.20. The molecule has 0 aliphatic carbocycles. The third-order valence-corrected chi connectivity index (χ3v) is 6.59. The Balaban J connectivity index is 1.59. The third-order valence-electron chi connectivity index (χ3n) is 5.01. The number of aromatic carboxylic acids is 1. The summed E-state index contributed by atoms with van der Waals surface area (Å²) < 4.78 is 7.41. The number of methoxy groups -OCH3 is 1. The SMILES string of the molecule is COc1ccc(CCN(Cc2ccc(C(=O)O)cc2)c2nc3ccc(Br)cc3s2)cc1. The molecule has 0 spiro atoms. The van der Waals surface area contributed by atoms with Crippen LogP contribution in [0.2, 0.25) is 0 Å². The molecule has 1 heterocycles. The lowest BCUT2D eigenvalue weighted by Crippen LogP contribution is -2.25. The first kappa shape index (κ1) is 21.3. The molecule has 0 saturated heterocycles. The van der Waals surface area contributed by atoms with Crippen LogP contribution in [-0.2, 0) is 13.0 Å². The van der Waals surface area contributed by atoms with E-state index in [9.17, 15) is 4.79 Å². The fourth-order valence-corrected chi connectivity index (χ4v) is 4.84. The molecule has 4 rings (SSSR count). The number of nitrogens with zero attached hydrogens (tertiary/aromatic N) is 2. The van der Waals surface area contributed by atoms with Crippen molar-refractivity contribution in [1.29, 1.82) is 0 Å². The Hall–Kier alpha value is -2.90. The molecule has 5 nitrogen and oxygen atoms in total. The van der Waals surface area contributed by atoms with E-state index in [-0.39, 0.29) is 0 Å². The standard InChI is InChI=1S/C24H21BrN2O3S/c1-30-20-9-4-16(5-10-20)12-13-27(15-17-2-6-18(7-3-17)23(28)29)24-26-21-11-8-19(25)14-22(21)31-24/h2-11,14H,12-13,15H2,1H3,(H,28,29). The second-order valence-corrected chi connectivity index (χ2v) is 9.05. The number of anilines is 1. The van der Waals surface area contributed by atoms with Crippen molar-refractivity contribution in [3.8, 4) is 5.75 Å². The number of carboxylic acid groups (broad SMARTS) is 1. The summed E-state index contributed by atoms with van der Waals surface area (Å²) in [5, 5.41) is 10.1. The number of rotatable bonds is 8. The van der Waals surface area contributed by atoms with Crippen LogP contribution in [0.5, 0.6) is 5.75 Å². The van der Waals surface area contributed by atoms with Crippen LogP contribution in [0.4, 0.5) is 5.13 Å². The number of thiazole rings is 1. The van der Waals surface area contributed by atoms with E-state index in [0.29, 0.717) is 12.1 Å². The Bertz CT molecular complexity index is 1190. The fourth-order valence-electron chi connectivity index (χ4n) is 3.29. The van der Waals surface area contributed by atoms with Gasteiger partial charge in [-0.1, -0.05) is 51.5 Å². The van der Waals surface area contributed by atoms with E-state index in [1.807, 2.05) is 36.4 Å². The highest BCUT2D eigenvalue weighted by atomic mass is 79.9. The first-order valence-electron chi connectivity index (χ1n) is 9.78. The number of aromatic nitrogens is 1. The number of hydrogen-bond donors (Lipinski definition) is 1. The quantitative estimate of drug-likeness (QED) is 0.323. The number of carboxylic acids is 1. The number of benzene rings is 3. The number of ether oxygens (including phenoxy) is 1. The lowest BCUT2D eigenvalue weighted by atomic mass is 10.1. The molecule has 0 aliphatic heterocycles. The minimum Gasteiger partial charge on any atom is -0.497 e. The molecule has 158 valence electrons. The summed E-state index contributed by atoms with van der Waals surface area (Å²) in [6.45, 7) is 1.44. The van der Waals surface area contributed by atoms with E-state index in [1.54, 1.807) is 30.6 Å². The van der Waals surface area contributed by atoms with Crippen molar-refractivity contribution in [2.24, 2.45) is 0 Å². The summed E-state index contributed by atoms with van der Waals surface area (Å²) in [5.41, 5.74) is 3.52. The van der Waals surface area contributed by atoms with Crippen LogP contribution in [0.25, 0.3) is 10.2 Å². The lowest BCUT2D eigenvalue weighted by Gasteiger charge is -2.22. The molecule has 0 saturated carbocycles. The summed E-state index contributed by atoms with van der Waals surface area (Å²) in [5.74, 6) is -0.0736. The molecule has 31 heavy (non-hydrogen) atoms. The zero-order valence-electron chi connectivity index (χ0n) is 16.9. The number of carbonyl (C=O) groups is 1. The first-order chi connectivity index (χ1) is 15.0. The van der Waals surface area contributed by atoms with Crippen molar-refractivity contribution in [2.75, 3.05) is 18.6 Å². The topological polar surface area (TPSA) is 62.7 Å². The van der Waals surface area contributed by atoms with Gasteiger partial charge in [-0.3, -0.25) is 0 Å². The van der Waals surface area contributed by atoms with E-state index in [1.165, 1.54) is 5.56 Å². The average molecular weight is 497 g/mol. The number of hydrogen-bond acceptors (Lipinski definition) is 5. The lowest BCUT2D eigenvalue weighted by molar-refractivity contribution is 0.0697. The van der Waals surface area contributed by atoms with Crippen LogP contribution in [0.15, 0.2) is 71.2 Å². The zero-order chi connectivity index (χ0) is 21.8. The van der Waals surface area contributed by atoms with Crippen LogP contribution in [0.1, 0.15) is 21.5 Å². The van der Waals surface area contributed by atoms with Gasteiger partial charge in [-0.05, 0) is 60.0 Å². The second-order valence-electron chi connectivity index (χ2n) is 7.13. The third kappa shape index (κ3) is 5.24. The fraction of sp³-hybridized carbons (Fsp3) is 0.167. The van der Waals surface area contributed by atoms with Gasteiger partial charge in [-0.25, -0.2) is 9.78 Å². The first-order valence-corrected chi connectivity index (χ1v) is 11.4. The Kier molecular flexibility index (Phi) is 6.53. The number of halogens is 1. The highest BCUT2D eigenvalue weighted by molar-refractivity contribution is 9.10. The molecule has 1 aromatic heterocycles. The molecule has 0 radical (unpaired) electrons. The molecule has 0 bridgehead atoms. The predicted octanol–water partition coefficient (Wildman–Crippen LogP) is 6.01. The Morgan fingerprint density at radius 2 is 1.77 bits per heavy atom. The van der Waals surface area contributed by atoms with Gasteiger partial charge < -0.3 is 14.7 Å². The summed E-state index contributed by atoms with van der Waals surface area (Å²) in [7, 11) is 1.66. The molecule has 7 heteroatoms. The van der Waals surface area contributed by atoms with Crippen molar-refractivity contribution in [3.63, 3.8) is 0 Å². The Labute approximate surface area is 193 Å². The largest absolute Gasteiger partial charge is 0.497 e. The Morgan fingerprint density at radius 3 is 2.45 bits per heavy atom. The van der Waals surface area contributed by atoms with Gasteiger partial charge in [0.05, 0.1) is 22.9 Å². The minimum atomic E-state index is -0.917. The van der Waals surface area contributed by atoms with Crippen LogP contribution < -0.4 is 9.64 Å². The van der Waals surface area contributed by atoms with Crippen LogP contribution in [-0.4, -0.2) is 29.7 Å². The molecule has 3 aromatic carbocycles. The zero-order valence-corrected chi connectivity index (χ0v) is 19.3. The van der Waals surface area contributed by atoms with Crippen molar-refractivity contribution < 1.29 is 14.6 Å². The molecule has 0 atom stereocenters. The molecule has 0 amide bonds. The van der Waals surface area contributed by atoms with Crippen molar-refractivity contribution >= 4 is 48.6 Å². The van der Waals surface area contributed by atoms with Gasteiger partial charge in [0.15, 0.2) is 5.13 Å². The Morgan fingerprint density at radius 1 is 1.06 bits per heavy atom. The molecular formula is C24H21BrN2O3S. The van der Waals surface area contributed by atoms with E-state index in [0.717, 1.165) is 44.1 Å². The molecule has 1 N–H and O–H groups in total. The summed E-state index contributed by atoms with van der Waals surface area (Å²) in [6, 6.07) is 21.2. The highest BCUT2D eigenvalue weighted by Gasteiger charge is 2.14. The maximum absolute atomic E-state index is 11.2. The van der Waals surface area contributed by atoms with Gasteiger partial charge in [-0.15, -0.1) is 0 Å². The van der Waals surface area contributed by atoms with Crippen LogP contribution in [0, 0.1) is 0 Å². The van der Waals surface area contributed by atoms with E-state index < -0.39 is 5.97 Å². The van der Waals surface area contributed by atoms with Crippen LogP contribution in [0.3, 0.4) is 0 Å². The summed E-state index contributed by atoms with van der Waals surface area (Å²) in [6.07, 6.45) is 0.858. The maximum Gasteiger partial charge on any atom is 0.335 e. The van der Waals surface area contributed by atoms with Crippen molar-refractivity contribution in [2.45, 2.75) is 13.0 Å². The number of fused-ring (bicyclic) bond motifs is 1. The molecule has 0 unspecified atom stereocenters. The van der Waals surface area contributed by atoms with E-state index in [4.69, 9.17) is 14.8 Å². The minimum absolute atomic E-state index is 0.290. The predicted molar refractivity (Wildman–Crippen MR) is 128 cm³/mol. The normalized spacial score (nSPS) is 10.9. The summed E-state index contributed by atoms with van der Waals surface area (Å²) >= 11 is 5.19. The van der Waals surface area contributed by atoms with Crippen LogP contribution >= 0.6 is 27.3 Å². The van der Waals surface area contributed by atoms with Gasteiger partial charge in [0, 0.05) is 17.6 Å². The summed E-state index contributed by atoms with van der Waals surface area (Å²) in [4.78, 5) is 18.3. The molecule has 0 aliphatic rings. The van der Waals surface area contributed by atoms with Gasteiger partial charge in [0.1, 0.15) is 5.75 Å². The molecule has 0 fully saturated rings. The molecular weight excluding hydrogens is 476 g/mol. The van der Waals surface area contributed by atoms with Gasteiger partial charge in [-0.2, -0.15) is 0 Å². The second kappa shape index (κ2) is 9.49. The van der Waals surface area contributed by atoms with Gasteiger partial charge in [0.25, 0.3) is 0 Å². The molecule has 4 aromatic rings. The van der Waals surface area contributed by atoms with Crippen molar-refractivity contribution in [1.82, 2.24) is 4.98 Å². The smallest absolute Gasteiger partial charge is 0.335 e.